The van der Waals surface area contributed by atoms with Gasteiger partial charge in [0, 0.05) is 5.02 Å². The molecule has 0 atom stereocenters. The Morgan fingerprint density at radius 1 is 1.00 bits per heavy atom. The van der Waals surface area contributed by atoms with Gasteiger partial charge in [-0.1, -0.05) is 54.4 Å². The number of rotatable bonds is 4. The monoisotopic (exact) mass is 371 g/mol. The van der Waals surface area contributed by atoms with Crippen molar-refractivity contribution in [2.45, 2.75) is 20.8 Å². The van der Waals surface area contributed by atoms with Crippen LogP contribution in [0, 0.1) is 13.8 Å². The number of thioether (sulfide) groups is 1. The summed E-state index contributed by atoms with van der Waals surface area (Å²) in [5, 5.41) is 0.534. The van der Waals surface area contributed by atoms with Crippen LogP contribution in [-0.4, -0.2) is 17.6 Å². The average Bonchev–Trinajstić information content (AvgIpc) is 2.82. The zero-order chi connectivity index (χ0) is 18.1. The molecule has 0 saturated heterocycles. The van der Waals surface area contributed by atoms with Gasteiger partial charge in [-0.25, -0.2) is 4.90 Å². The summed E-state index contributed by atoms with van der Waals surface area (Å²) in [6.45, 7) is 5.84. The van der Waals surface area contributed by atoms with Crippen molar-refractivity contribution in [2.75, 3.05) is 10.7 Å². The van der Waals surface area contributed by atoms with Gasteiger partial charge in [0.05, 0.1) is 16.2 Å². The molecule has 0 saturated carbocycles. The fourth-order valence-corrected chi connectivity index (χ4v) is 3.75. The van der Waals surface area contributed by atoms with Crippen LogP contribution < -0.4 is 4.90 Å². The summed E-state index contributed by atoms with van der Waals surface area (Å²) < 4.78 is 0. The van der Waals surface area contributed by atoms with Crippen molar-refractivity contribution >= 4 is 46.4 Å². The van der Waals surface area contributed by atoms with E-state index in [0.717, 1.165) is 16.7 Å². The summed E-state index contributed by atoms with van der Waals surface area (Å²) in [7, 11) is 0. The van der Waals surface area contributed by atoms with E-state index in [4.69, 9.17) is 11.6 Å². The van der Waals surface area contributed by atoms with E-state index in [1.54, 1.807) is 12.1 Å². The third-order valence-corrected chi connectivity index (χ3v) is 5.45. The minimum absolute atomic E-state index is 0.285. The predicted molar refractivity (Wildman–Crippen MR) is 105 cm³/mol. The molecule has 5 heteroatoms. The summed E-state index contributed by atoms with van der Waals surface area (Å²) in [6, 6.07) is 12.9. The largest absolute Gasteiger partial charge is 0.272 e. The quantitative estimate of drug-likeness (QED) is 0.710. The molecule has 128 valence electrons. The Bertz CT molecular complexity index is 887. The van der Waals surface area contributed by atoms with E-state index in [1.165, 1.54) is 16.7 Å². The Balaban J connectivity index is 2.09. The second-order valence-corrected chi connectivity index (χ2v) is 7.56. The van der Waals surface area contributed by atoms with Gasteiger partial charge in [0.15, 0.2) is 0 Å². The van der Waals surface area contributed by atoms with Crippen LogP contribution in [-0.2, 0) is 9.59 Å². The molecule has 0 bridgehead atoms. The highest BCUT2D eigenvalue weighted by Gasteiger charge is 2.40. The number of carbonyl (C=O) groups excluding carboxylic acids is 2. The van der Waals surface area contributed by atoms with Crippen molar-refractivity contribution in [3.63, 3.8) is 0 Å². The molecule has 1 aliphatic heterocycles. The Morgan fingerprint density at radius 3 is 2.28 bits per heavy atom. The number of amides is 2. The van der Waals surface area contributed by atoms with Gasteiger partial charge in [0.2, 0.25) is 0 Å². The number of benzene rings is 2. The van der Waals surface area contributed by atoms with Crippen molar-refractivity contribution in [1.82, 2.24) is 0 Å². The average molecular weight is 372 g/mol. The van der Waals surface area contributed by atoms with Crippen LogP contribution in [0.15, 0.2) is 47.4 Å². The van der Waals surface area contributed by atoms with Crippen molar-refractivity contribution in [3.05, 3.63) is 69.1 Å². The normalized spacial score (nSPS) is 14.6. The van der Waals surface area contributed by atoms with Crippen LogP contribution in [0.4, 0.5) is 5.69 Å². The minimum atomic E-state index is -0.301. The SMILES string of the molecule is CCSC1=C(c2ccc(C)cc2)C(=O)N(c2ccc(C)c(Cl)c2)C1=O. The third-order valence-electron chi connectivity index (χ3n) is 4.08. The third kappa shape index (κ3) is 3.24. The molecule has 0 spiro atoms. The van der Waals surface area contributed by atoms with Crippen molar-refractivity contribution in [3.8, 4) is 0 Å². The molecular weight excluding hydrogens is 354 g/mol. The molecule has 2 aromatic rings. The maximum absolute atomic E-state index is 13.1. The standard InChI is InChI=1S/C20H18ClNO2S/c1-4-25-18-17(14-8-5-12(2)6-9-14)19(23)22(20(18)24)15-10-7-13(3)16(21)11-15/h5-11H,4H2,1-3H3. The van der Waals surface area contributed by atoms with E-state index in [9.17, 15) is 9.59 Å². The Morgan fingerprint density at radius 2 is 1.68 bits per heavy atom. The van der Waals surface area contributed by atoms with Crippen LogP contribution in [0.3, 0.4) is 0 Å². The molecule has 3 rings (SSSR count). The number of aryl methyl sites for hydroxylation is 2. The summed E-state index contributed by atoms with van der Waals surface area (Å²) >= 11 is 7.59. The lowest BCUT2D eigenvalue weighted by atomic mass is 10.0. The molecule has 0 fully saturated rings. The van der Waals surface area contributed by atoms with Gasteiger partial charge in [-0.05, 0) is 42.9 Å². The fraction of sp³-hybridized carbons (Fsp3) is 0.200. The summed E-state index contributed by atoms with van der Waals surface area (Å²) in [4.78, 5) is 27.7. The lowest BCUT2D eigenvalue weighted by molar-refractivity contribution is -0.119. The van der Waals surface area contributed by atoms with Crippen LogP contribution in [0.5, 0.6) is 0 Å². The molecule has 1 aliphatic rings. The van der Waals surface area contributed by atoms with Gasteiger partial charge in [-0.3, -0.25) is 9.59 Å². The summed E-state index contributed by atoms with van der Waals surface area (Å²) in [6.07, 6.45) is 0. The number of nitrogens with zero attached hydrogens (tertiary/aromatic N) is 1. The number of hydrogen-bond acceptors (Lipinski definition) is 3. The summed E-state index contributed by atoms with van der Waals surface area (Å²) in [5.41, 5.74) is 3.74. The molecule has 0 radical (unpaired) electrons. The maximum Gasteiger partial charge on any atom is 0.272 e. The van der Waals surface area contributed by atoms with Crippen molar-refractivity contribution in [2.24, 2.45) is 0 Å². The maximum atomic E-state index is 13.1. The molecule has 2 aromatic carbocycles. The van der Waals surface area contributed by atoms with Gasteiger partial charge in [-0.2, -0.15) is 0 Å². The van der Waals surface area contributed by atoms with E-state index in [1.807, 2.05) is 51.1 Å². The first-order valence-corrected chi connectivity index (χ1v) is 9.39. The number of anilines is 1. The highest BCUT2D eigenvalue weighted by molar-refractivity contribution is 8.04. The van der Waals surface area contributed by atoms with Crippen molar-refractivity contribution < 1.29 is 9.59 Å². The van der Waals surface area contributed by atoms with Gasteiger partial charge >= 0.3 is 0 Å². The van der Waals surface area contributed by atoms with Gasteiger partial charge < -0.3 is 0 Å². The first-order chi connectivity index (χ1) is 11.9. The first-order valence-electron chi connectivity index (χ1n) is 8.03. The lowest BCUT2D eigenvalue weighted by Gasteiger charge is -2.16. The highest BCUT2D eigenvalue weighted by atomic mass is 35.5. The fourth-order valence-electron chi connectivity index (χ4n) is 2.72. The topological polar surface area (TPSA) is 37.4 Å². The second-order valence-electron chi connectivity index (χ2n) is 5.88. The number of imide groups is 1. The number of hydrogen-bond donors (Lipinski definition) is 0. The molecule has 25 heavy (non-hydrogen) atoms. The zero-order valence-corrected chi connectivity index (χ0v) is 15.9. The number of halogens is 1. The Hall–Kier alpha value is -2.04. The molecule has 0 N–H and O–H groups in total. The molecule has 0 aliphatic carbocycles. The van der Waals surface area contributed by atoms with Crippen LogP contribution in [0.25, 0.3) is 5.57 Å². The molecule has 0 unspecified atom stereocenters. The van der Waals surface area contributed by atoms with E-state index < -0.39 is 0 Å². The first kappa shape index (κ1) is 17.8. The van der Waals surface area contributed by atoms with Gasteiger partial charge in [-0.15, -0.1) is 11.8 Å². The van der Waals surface area contributed by atoms with E-state index in [0.29, 0.717) is 26.9 Å². The van der Waals surface area contributed by atoms with E-state index >= 15 is 0 Å². The molecule has 1 heterocycles. The molecular formula is C20H18ClNO2S. The Kier molecular flexibility index (Phi) is 5.02. The summed E-state index contributed by atoms with van der Waals surface area (Å²) in [5.74, 6) is 0.128. The predicted octanol–water partition coefficient (Wildman–Crippen LogP) is 4.99. The smallest absolute Gasteiger partial charge is 0.268 e. The van der Waals surface area contributed by atoms with Crippen molar-refractivity contribution in [1.29, 1.82) is 0 Å². The van der Waals surface area contributed by atoms with E-state index in [-0.39, 0.29) is 11.8 Å². The van der Waals surface area contributed by atoms with Crippen LogP contribution in [0.1, 0.15) is 23.6 Å². The van der Waals surface area contributed by atoms with E-state index in [2.05, 4.69) is 0 Å². The zero-order valence-electron chi connectivity index (χ0n) is 14.3. The molecule has 3 nitrogen and oxygen atoms in total. The molecule has 0 aromatic heterocycles. The lowest BCUT2D eigenvalue weighted by Crippen LogP contribution is -2.31. The minimum Gasteiger partial charge on any atom is -0.268 e. The molecule has 2 amide bonds. The second kappa shape index (κ2) is 7.06. The van der Waals surface area contributed by atoms with Gasteiger partial charge in [0.1, 0.15) is 0 Å². The Labute approximate surface area is 156 Å². The van der Waals surface area contributed by atoms with Gasteiger partial charge in [0.25, 0.3) is 11.8 Å². The highest BCUT2D eigenvalue weighted by Crippen LogP contribution is 2.39. The number of carbonyl (C=O) groups is 2. The van der Waals surface area contributed by atoms with Crippen LogP contribution in [0.2, 0.25) is 5.02 Å². The van der Waals surface area contributed by atoms with Crippen LogP contribution >= 0.6 is 23.4 Å².